The van der Waals surface area contributed by atoms with Crippen molar-refractivity contribution in [3.63, 3.8) is 0 Å². The highest BCUT2D eigenvalue weighted by Gasteiger charge is 2.23. The van der Waals surface area contributed by atoms with Crippen molar-refractivity contribution < 1.29 is 0 Å². The Kier molecular flexibility index (Phi) is 3.58. The average Bonchev–Trinajstić information content (AvgIpc) is 3.12. The SMILES string of the molecule is Clc1ccc(-c2nn(-c3ccc(I)cc3)c3c2CCN3)cc1. The summed E-state index contributed by atoms with van der Waals surface area (Å²) in [7, 11) is 0. The van der Waals surface area contributed by atoms with Crippen molar-refractivity contribution in [2.45, 2.75) is 6.42 Å². The highest BCUT2D eigenvalue weighted by Crippen LogP contribution is 2.34. The topological polar surface area (TPSA) is 29.9 Å². The number of hydrogen-bond donors (Lipinski definition) is 1. The van der Waals surface area contributed by atoms with E-state index in [9.17, 15) is 0 Å². The van der Waals surface area contributed by atoms with Crippen LogP contribution in [0.2, 0.25) is 5.02 Å². The molecule has 5 heteroatoms. The summed E-state index contributed by atoms with van der Waals surface area (Å²) in [4.78, 5) is 0. The van der Waals surface area contributed by atoms with Crippen LogP contribution in [-0.4, -0.2) is 16.3 Å². The summed E-state index contributed by atoms with van der Waals surface area (Å²) in [6, 6.07) is 16.3. The van der Waals surface area contributed by atoms with Crippen LogP contribution in [0.4, 0.5) is 5.82 Å². The molecule has 2 heterocycles. The molecule has 0 unspecified atom stereocenters. The van der Waals surface area contributed by atoms with Crippen LogP contribution < -0.4 is 5.32 Å². The fourth-order valence-electron chi connectivity index (χ4n) is 2.78. The molecule has 0 fully saturated rings. The standard InChI is InChI=1S/C17H13ClIN3/c18-12-3-1-11(2-4-12)16-15-9-10-20-17(15)22(21-16)14-7-5-13(19)6-8-14/h1-8,20H,9-10H2. The summed E-state index contributed by atoms with van der Waals surface area (Å²) in [5.41, 5.74) is 4.50. The van der Waals surface area contributed by atoms with E-state index >= 15 is 0 Å². The predicted molar refractivity (Wildman–Crippen MR) is 98.9 cm³/mol. The second-order valence-corrected chi connectivity index (χ2v) is 6.93. The number of anilines is 1. The van der Waals surface area contributed by atoms with E-state index < -0.39 is 0 Å². The lowest BCUT2D eigenvalue weighted by Gasteiger charge is -2.06. The molecule has 1 aromatic heterocycles. The first-order valence-electron chi connectivity index (χ1n) is 7.10. The Morgan fingerprint density at radius 3 is 2.50 bits per heavy atom. The van der Waals surface area contributed by atoms with Crippen molar-refractivity contribution >= 4 is 40.0 Å². The summed E-state index contributed by atoms with van der Waals surface area (Å²) in [6.07, 6.45) is 0.998. The molecule has 0 atom stereocenters. The zero-order chi connectivity index (χ0) is 15.1. The van der Waals surface area contributed by atoms with Crippen LogP contribution in [0.25, 0.3) is 16.9 Å². The number of nitrogens with zero attached hydrogens (tertiary/aromatic N) is 2. The van der Waals surface area contributed by atoms with Gasteiger partial charge in [0.1, 0.15) is 5.82 Å². The third-order valence-electron chi connectivity index (χ3n) is 3.84. The molecule has 3 nitrogen and oxygen atoms in total. The Bertz CT molecular complexity index is 754. The van der Waals surface area contributed by atoms with Gasteiger partial charge < -0.3 is 5.32 Å². The van der Waals surface area contributed by atoms with Crippen LogP contribution in [0.1, 0.15) is 5.56 Å². The van der Waals surface area contributed by atoms with Crippen LogP contribution in [0.5, 0.6) is 0 Å². The molecular weight excluding hydrogens is 409 g/mol. The highest BCUT2D eigenvalue weighted by atomic mass is 127. The molecular formula is C17H13ClIN3. The molecule has 2 aromatic carbocycles. The average molecular weight is 422 g/mol. The third kappa shape index (κ3) is 2.40. The van der Waals surface area contributed by atoms with Crippen LogP contribution in [-0.2, 0) is 6.42 Å². The molecule has 1 aliphatic heterocycles. The summed E-state index contributed by atoms with van der Waals surface area (Å²) in [5, 5.41) is 9.04. The number of aromatic nitrogens is 2. The van der Waals surface area contributed by atoms with E-state index in [1.54, 1.807) is 0 Å². The Hall–Kier alpha value is -1.53. The van der Waals surface area contributed by atoms with Crippen molar-refractivity contribution in [3.05, 3.63) is 62.7 Å². The fraction of sp³-hybridized carbons (Fsp3) is 0.118. The Morgan fingerprint density at radius 2 is 1.77 bits per heavy atom. The number of hydrogen-bond acceptors (Lipinski definition) is 2. The Labute approximate surface area is 147 Å². The fourth-order valence-corrected chi connectivity index (χ4v) is 3.27. The minimum atomic E-state index is 0.746. The van der Waals surface area contributed by atoms with Gasteiger partial charge in [0.2, 0.25) is 0 Å². The molecule has 1 aliphatic rings. The number of rotatable bonds is 2. The number of fused-ring (bicyclic) bond motifs is 1. The monoisotopic (exact) mass is 421 g/mol. The lowest BCUT2D eigenvalue weighted by atomic mass is 10.1. The zero-order valence-electron chi connectivity index (χ0n) is 11.7. The van der Waals surface area contributed by atoms with Gasteiger partial charge in [-0.05, 0) is 65.4 Å². The molecule has 3 aromatic rings. The van der Waals surface area contributed by atoms with E-state index in [-0.39, 0.29) is 0 Å². The molecule has 0 amide bonds. The first-order chi connectivity index (χ1) is 10.7. The maximum absolute atomic E-state index is 5.99. The highest BCUT2D eigenvalue weighted by molar-refractivity contribution is 14.1. The largest absolute Gasteiger partial charge is 0.369 e. The first-order valence-corrected chi connectivity index (χ1v) is 8.56. The van der Waals surface area contributed by atoms with Gasteiger partial charge in [0.25, 0.3) is 0 Å². The molecule has 4 rings (SSSR count). The lowest BCUT2D eigenvalue weighted by Crippen LogP contribution is -2.04. The minimum Gasteiger partial charge on any atom is -0.369 e. The molecule has 0 aliphatic carbocycles. The van der Waals surface area contributed by atoms with E-state index in [0.717, 1.165) is 40.8 Å². The smallest absolute Gasteiger partial charge is 0.133 e. The number of benzene rings is 2. The third-order valence-corrected chi connectivity index (χ3v) is 4.81. The van der Waals surface area contributed by atoms with Gasteiger partial charge in [0, 0.05) is 26.3 Å². The maximum Gasteiger partial charge on any atom is 0.133 e. The Morgan fingerprint density at radius 1 is 1.05 bits per heavy atom. The number of nitrogens with one attached hydrogen (secondary N) is 1. The van der Waals surface area contributed by atoms with Crippen molar-refractivity contribution in [1.29, 1.82) is 0 Å². The second-order valence-electron chi connectivity index (χ2n) is 5.25. The molecule has 0 bridgehead atoms. The Balaban J connectivity index is 1.86. The van der Waals surface area contributed by atoms with E-state index in [1.807, 2.05) is 28.9 Å². The van der Waals surface area contributed by atoms with Gasteiger partial charge in [0.15, 0.2) is 0 Å². The van der Waals surface area contributed by atoms with Gasteiger partial charge in [-0.2, -0.15) is 5.10 Å². The van der Waals surface area contributed by atoms with Crippen molar-refractivity contribution in [2.24, 2.45) is 0 Å². The van der Waals surface area contributed by atoms with Gasteiger partial charge in [0.05, 0.1) is 11.4 Å². The van der Waals surface area contributed by atoms with Crippen LogP contribution in [0.3, 0.4) is 0 Å². The zero-order valence-corrected chi connectivity index (χ0v) is 14.6. The quantitative estimate of drug-likeness (QED) is 0.604. The predicted octanol–water partition coefficient (Wildman–Crippen LogP) is 4.77. The molecule has 0 spiro atoms. The van der Waals surface area contributed by atoms with Crippen molar-refractivity contribution in [1.82, 2.24) is 9.78 Å². The van der Waals surface area contributed by atoms with E-state index in [2.05, 4.69) is 52.2 Å². The molecule has 0 radical (unpaired) electrons. The van der Waals surface area contributed by atoms with Crippen molar-refractivity contribution in [2.75, 3.05) is 11.9 Å². The molecule has 0 saturated carbocycles. The lowest BCUT2D eigenvalue weighted by molar-refractivity contribution is 0.882. The normalized spacial score (nSPS) is 13.0. The molecule has 0 saturated heterocycles. The molecule has 22 heavy (non-hydrogen) atoms. The van der Waals surface area contributed by atoms with E-state index in [1.165, 1.54) is 9.13 Å². The summed E-state index contributed by atoms with van der Waals surface area (Å²) < 4.78 is 3.22. The van der Waals surface area contributed by atoms with Crippen LogP contribution in [0, 0.1) is 3.57 Å². The van der Waals surface area contributed by atoms with Crippen LogP contribution in [0.15, 0.2) is 48.5 Å². The van der Waals surface area contributed by atoms with Gasteiger partial charge >= 0.3 is 0 Å². The van der Waals surface area contributed by atoms with Crippen LogP contribution >= 0.6 is 34.2 Å². The summed E-state index contributed by atoms with van der Waals surface area (Å²) in [6.45, 7) is 0.956. The van der Waals surface area contributed by atoms with Gasteiger partial charge in [-0.25, -0.2) is 4.68 Å². The van der Waals surface area contributed by atoms with E-state index in [0.29, 0.717) is 0 Å². The summed E-state index contributed by atoms with van der Waals surface area (Å²) >= 11 is 8.31. The first kappa shape index (κ1) is 14.1. The van der Waals surface area contributed by atoms with Gasteiger partial charge in [-0.1, -0.05) is 23.7 Å². The minimum absolute atomic E-state index is 0.746. The molecule has 1 N–H and O–H groups in total. The second kappa shape index (κ2) is 5.59. The van der Waals surface area contributed by atoms with Gasteiger partial charge in [-0.15, -0.1) is 0 Å². The van der Waals surface area contributed by atoms with Crippen molar-refractivity contribution in [3.8, 4) is 16.9 Å². The number of halogens is 2. The summed E-state index contributed by atoms with van der Waals surface area (Å²) in [5.74, 6) is 1.10. The van der Waals surface area contributed by atoms with E-state index in [4.69, 9.17) is 16.7 Å². The molecule has 110 valence electrons. The maximum atomic E-state index is 5.99. The van der Waals surface area contributed by atoms with Gasteiger partial charge in [-0.3, -0.25) is 0 Å².